The van der Waals surface area contributed by atoms with Crippen LogP contribution >= 0.6 is 0 Å². The molecule has 1 N–H and O–H groups in total. The molecule has 1 aromatic heterocycles. The van der Waals surface area contributed by atoms with Gasteiger partial charge in [-0.2, -0.15) is 0 Å². The summed E-state index contributed by atoms with van der Waals surface area (Å²) in [5, 5.41) is 11.2. The molecule has 3 aromatic rings. The fourth-order valence-corrected chi connectivity index (χ4v) is 2.31. The molecule has 0 spiro atoms. The average Bonchev–Trinajstić information content (AvgIpc) is 2.89. The third-order valence-electron chi connectivity index (χ3n) is 3.46. The Bertz CT molecular complexity index is 760. The zero-order chi connectivity index (χ0) is 15.0. The van der Waals surface area contributed by atoms with Crippen LogP contribution in [-0.4, -0.2) is 5.11 Å². The van der Waals surface area contributed by atoms with Crippen LogP contribution in [0.1, 0.15) is 35.0 Å². The quantitative estimate of drug-likeness (QED) is 0.753. The largest absolute Gasteiger partial charge is 0.458 e. The van der Waals surface area contributed by atoms with E-state index in [-0.39, 0.29) is 5.56 Å². The molecule has 2 aromatic carbocycles. The lowest BCUT2D eigenvalue weighted by Crippen LogP contribution is -1.98. The number of aryl methyl sites for hydroxylation is 1. The van der Waals surface area contributed by atoms with Gasteiger partial charge in [0.25, 0.3) is 6.43 Å². The van der Waals surface area contributed by atoms with Gasteiger partial charge < -0.3 is 9.52 Å². The standard InChI is InChI=1S/C17H14F2O2/c1-10-2-7-14-13(8-10)9-15(21-14)16(20)11-3-5-12(6-4-11)17(18)19/h2-9,16-17,20H,1H3. The van der Waals surface area contributed by atoms with Gasteiger partial charge in [-0.05, 0) is 30.7 Å². The SMILES string of the molecule is Cc1ccc2oc(C(O)c3ccc(C(F)F)cc3)cc2c1. The van der Waals surface area contributed by atoms with Crippen LogP contribution in [0.2, 0.25) is 0 Å². The minimum atomic E-state index is -2.51. The van der Waals surface area contributed by atoms with Crippen LogP contribution < -0.4 is 0 Å². The Kier molecular flexibility index (Phi) is 3.47. The summed E-state index contributed by atoms with van der Waals surface area (Å²) in [6, 6.07) is 13.1. The number of benzene rings is 2. The Morgan fingerprint density at radius 2 is 1.62 bits per heavy atom. The summed E-state index contributed by atoms with van der Waals surface area (Å²) in [5.74, 6) is 0.403. The van der Waals surface area contributed by atoms with Crippen molar-refractivity contribution in [3.05, 3.63) is 71.0 Å². The van der Waals surface area contributed by atoms with Crippen LogP contribution in [0.5, 0.6) is 0 Å². The maximum Gasteiger partial charge on any atom is 0.263 e. The first-order valence-electron chi connectivity index (χ1n) is 6.61. The fourth-order valence-electron chi connectivity index (χ4n) is 2.31. The van der Waals surface area contributed by atoms with Crippen molar-refractivity contribution in [3.63, 3.8) is 0 Å². The molecule has 4 heteroatoms. The van der Waals surface area contributed by atoms with Crippen molar-refractivity contribution in [2.45, 2.75) is 19.5 Å². The van der Waals surface area contributed by atoms with Crippen LogP contribution in [0, 0.1) is 6.92 Å². The van der Waals surface area contributed by atoms with Gasteiger partial charge in [0, 0.05) is 10.9 Å². The van der Waals surface area contributed by atoms with Crippen molar-refractivity contribution in [2.24, 2.45) is 0 Å². The molecule has 108 valence electrons. The summed E-state index contributed by atoms with van der Waals surface area (Å²) in [6.07, 6.45) is -3.48. The van der Waals surface area contributed by atoms with Gasteiger partial charge in [-0.1, -0.05) is 35.9 Å². The zero-order valence-electron chi connectivity index (χ0n) is 11.4. The van der Waals surface area contributed by atoms with Gasteiger partial charge in [0.15, 0.2) is 0 Å². The van der Waals surface area contributed by atoms with E-state index in [0.717, 1.165) is 10.9 Å². The van der Waals surface area contributed by atoms with Crippen LogP contribution in [0.15, 0.2) is 52.9 Å². The average molecular weight is 288 g/mol. The highest BCUT2D eigenvalue weighted by Crippen LogP contribution is 2.29. The highest BCUT2D eigenvalue weighted by Gasteiger charge is 2.16. The second kappa shape index (κ2) is 5.30. The van der Waals surface area contributed by atoms with Crippen molar-refractivity contribution in [2.75, 3.05) is 0 Å². The van der Waals surface area contributed by atoms with Gasteiger partial charge in [-0.3, -0.25) is 0 Å². The van der Waals surface area contributed by atoms with E-state index in [0.29, 0.717) is 16.9 Å². The van der Waals surface area contributed by atoms with E-state index in [4.69, 9.17) is 4.42 Å². The van der Waals surface area contributed by atoms with Crippen molar-refractivity contribution < 1.29 is 18.3 Å². The summed E-state index contributed by atoms with van der Waals surface area (Å²) in [4.78, 5) is 0. The van der Waals surface area contributed by atoms with E-state index in [2.05, 4.69) is 0 Å². The van der Waals surface area contributed by atoms with Gasteiger partial charge >= 0.3 is 0 Å². The van der Waals surface area contributed by atoms with E-state index in [1.807, 2.05) is 25.1 Å². The fraction of sp³-hybridized carbons (Fsp3) is 0.176. The Labute approximate surface area is 120 Å². The summed E-state index contributed by atoms with van der Waals surface area (Å²) >= 11 is 0. The summed E-state index contributed by atoms with van der Waals surface area (Å²) in [5.41, 5.74) is 2.26. The van der Waals surface area contributed by atoms with E-state index in [9.17, 15) is 13.9 Å². The summed E-state index contributed by atoms with van der Waals surface area (Å²) < 4.78 is 30.7. The molecule has 3 rings (SSSR count). The second-order valence-corrected chi connectivity index (χ2v) is 5.06. The molecule has 0 saturated heterocycles. The molecule has 1 atom stereocenters. The molecule has 0 bridgehead atoms. The highest BCUT2D eigenvalue weighted by molar-refractivity contribution is 5.78. The molecular weight excluding hydrogens is 274 g/mol. The van der Waals surface area contributed by atoms with E-state index >= 15 is 0 Å². The summed E-state index contributed by atoms with van der Waals surface area (Å²) in [7, 11) is 0. The predicted octanol–water partition coefficient (Wildman–Crippen LogP) is 4.76. The molecule has 0 aliphatic carbocycles. The highest BCUT2D eigenvalue weighted by atomic mass is 19.3. The number of rotatable bonds is 3. The zero-order valence-corrected chi connectivity index (χ0v) is 11.4. The molecule has 0 amide bonds. The van der Waals surface area contributed by atoms with Crippen LogP contribution in [0.4, 0.5) is 8.78 Å². The minimum absolute atomic E-state index is 0.0637. The van der Waals surface area contributed by atoms with Crippen LogP contribution in [0.25, 0.3) is 11.0 Å². The molecular formula is C17H14F2O2. The lowest BCUT2D eigenvalue weighted by atomic mass is 10.0. The number of hydrogen-bond donors (Lipinski definition) is 1. The Morgan fingerprint density at radius 1 is 0.952 bits per heavy atom. The molecule has 0 saturated carbocycles. The smallest absolute Gasteiger partial charge is 0.263 e. The van der Waals surface area contributed by atoms with E-state index < -0.39 is 12.5 Å². The van der Waals surface area contributed by atoms with Crippen molar-refractivity contribution in [3.8, 4) is 0 Å². The molecule has 0 aliphatic rings. The maximum atomic E-state index is 12.5. The normalized spacial score (nSPS) is 13.0. The number of aliphatic hydroxyl groups is 1. The van der Waals surface area contributed by atoms with Crippen molar-refractivity contribution in [1.29, 1.82) is 0 Å². The van der Waals surface area contributed by atoms with Crippen LogP contribution in [-0.2, 0) is 0 Å². The van der Waals surface area contributed by atoms with E-state index in [1.165, 1.54) is 24.3 Å². The molecule has 2 nitrogen and oxygen atoms in total. The first-order chi connectivity index (χ1) is 10.0. The summed E-state index contributed by atoms with van der Waals surface area (Å²) in [6.45, 7) is 1.98. The number of halogens is 2. The number of fused-ring (bicyclic) bond motifs is 1. The van der Waals surface area contributed by atoms with Crippen molar-refractivity contribution in [1.82, 2.24) is 0 Å². The minimum Gasteiger partial charge on any atom is -0.458 e. The Morgan fingerprint density at radius 3 is 2.29 bits per heavy atom. The van der Waals surface area contributed by atoms with Gasteiger partial charge in [0.2, 0.25) is 0 Å². The lowest BCUT2D eigenvalue weighted by Gasteiger charge is -2.08. The number of aliphatic hydroxyl groups excluding tert-OH is 1. The van der Waals surface area contributed by atoms with Gasteiger partial charge in [-0.15, -0.1) is 0 Å². The first kappa shape index (κ1) is 13.8. The Hall–Kier alpha value is -2.20. The molecule has 0 fully saturated rings. The van der Waals surface area contributed by atoms with Crippen LogP contribution in [0.3, 0.4) is 0 Å². The molecule has 21 heavy (non-hydrogen) atoms. The topological polar surface area (TPSA) is 33.4 Å². The third kappa shape index (κ3) is 2.67. The Balaban J connectivity index is 1.93. The van der Waals surface area contributed by atoms with Gasteiger partial charge in [0.1, 0.15) is 17.4 Å². The number of alkyl halides is 2. The molecule has 1 heterocycles. The lowest BCUT2D eigenvalue weighted by molar-refractivity contribution is 0.151. The second-order valence-electron chi connectivity index (χ2n) is 5.06. The molecule has 1 unspecified atom stereocenters. The maximum absolute atomic E-state index is 12.5. The van der Waals surface area contributed by atoms with Crippen molar-refractivity contribution >= 4 is 11.0 Å². The molecule has 0 aliphatic heterocycles. The predicted molar refractivity (Wildman–Crippen MR) is 76.4 cm³/mol. The monoisotopic (exact) mass is 288 g/mol. The first-order valence-corrected chi connectivity index (χ1v) is 6.61. The van der Waals surface area contributed by atoms with E-state index in [1.54, 1.807) is 6.07 Å². The van der Waals surface area contributed by atoms with Gasteiger partial charge in [0.05, 0.1) is 0 Å². The number of hydrogen-bond acceptors (Lipinski definition) is 2. The number of furan rings is 1. The molecule has 0 radical (unpaired) electrons. The van der Waals surface area contributed by atoms with Gasteiger partial charge in [-0.25, -0.2) is 8.78 Å². The third-order valence-corrected chi connectivity index (χ3v) is 3.46.